The molecule has 33 heavy (non-hydrogen) atoms. The molecule has 0 aromatic heterocycles. The van der Waals surface area contributed by atoms with Crippen molar-refractivity contribution >= 4 is 13.9 Å². The summed E-state index contributed by atoms with van der Waals surface area (Å²) in [6.45, 7) is 19.0. The van der Waals surface area contributed by atoms with Crippen LogP contribution in [0.1, 0.15) is 53.9 Å². The third-order valence-corrected chi connectivity index (χ3v) is 11.6. The van der Waals surface area contributed by atoms with Crippen LogP contribution >= 0.6 is 0 Å². The molecule has 1 saturated heterocycles. The molecule has 0 N–H and O–H groups in total. The highest BCUT2D eigenvalue weighted by Crippen LogP contribution is 2.27. The van der Waals surface area contributed by atoms with Crippen LogP contribution in [0.3, 0.4) is 0 Å². The van der Waals surface area contributed by atoms with Crippen molar-refractivity contribution in [2.24, 2.45) is 0 Å². The van der Waals surface area contributed by atoms with Crippen LogP contribution in [0.5, 0.6) is 0 Å². The molecule has 4 atom stereocenters. The Morgan fingerprint density at radius 1 is 0.727 bits per heavy atom. The predicted molar refractivity (Wildman–Crippen MR) is 134 cm³/mol. The molecule has 0 saturated carbocycles. The lowest BCUT2D eigenvalue weighted by Crippen LogP contribution is -2.38. The number of ether oxygens (including phenoxy) is 6. The summed E-state index contributed by atoms with van der Waals surface area (Å²) in [6, 6.07) is 1.25. The monoisotopic (exact) mass is 490 g/mol. The Bertz CT molecular complexity index is 515. The van der Waals surface area contributed by atoms with E-state index in [4.69, 9.17) is 28.4 Å². The molecule has 0 radical (unpaired) electrons. The molecule has 1 aliphatic rings. The molecule has 8 heteroatoms. The molecule has 1 rings (SSSR count). The van der Waals surface area contributed by atoms with Gasteiger partial charge in [0.05, 0.1) is 71.2 Å². The summed E-state index contributed by atoms with van der Waals surface area (Å²) < 4.78 is 34.6. The highest BCUT2D eigenvalue weighted by atomic mass is 28.3. The van der Waals surface area contributed by atoms with Gasteiger partial charge in [0.1, 0.15) is 6.10 Å². The van der Waals surface area contributed by atoms with Crippen molar-refractivity contribution < 1.29 is 33.2 Å². The van der Waals surface area contributed by atoms with Gasteiger partial charge in [0.25, 0.3) is 0 Å². The van der Waals surface area contributed by atoms with Crippen LogP contribution in [0.25, 0.3) is 0 Å². The summed E-state index contributed by atoms with van der Waals surface area (Å²) in [5.74, 6) is 0.112. The molecule has 1 heterocycles. The fourth-order valence-electron chi connectivity index (χ4n) is 3.48. The third kappa shape index (κ3) is 13.3. The number of Topliss-reactive ketones (excluding diaryl/α,β-unsaturated/α-hetero) is 1. The van der Waals surface area contributed by atoms with E-state index in [0.29, 0.717) is 59.3 Å². The van der Waals surface area contributed by atoms with Crippen molar-refractivity contribution in [3.05, 3.63) is 0 Å². The van der Waals surface area contributed by atoms with Crippen LogP contribution < -0.4 is 0 Å². The molecule has 0 aromatic rings. The zero-order valence-electron chi connectivity index (χ0n) is 22.2. The highest BCUT2D eigenvalue weighted by molar-refractivity contribution is 6.78. The maximum absolute atomic E-state index is 13.0. The van der Waals surface area contributed by atoms with Crippen molar-refractivity contribution in [3.8, 4) is 0 Å². The van der Waals surface area contributed by atoms with Gasteiger partial charge in [0.2, 0.25) is 0 Å². The number of hydrogen-bond acceptors (Lipinski definition) is 7. The van der Waals surface area contributed by atoms with E-state index in [1.807, 2.05) is 20.8 Å². The Hall–Kier alpha value is -0.353. The van der Waals surface area contributed by atoms with E-state index in [0.717, 1.165) is 18.4 Å². The summed E-state index contributed by atoms with van der Waals surface area (Å²) >= 11 is 0. The third-order valence-electron chi connectivity index (χ3n) is 6.81. The first-order chi connectivity index (χ1) is 15.6. The van der Waals surface area contributed by atoms with Crippen molar-refractivity contribution in [1.82, 2.24) is 0 Å². The first-order valence-electron chi connectivity index (χ1n) is 12.8. The number of hydrogen-bond donors (Lipinski definition) is 0. The smallest absolute Gasteiger partial charge is 0.164 e. The number of ketones is 1. The highest BCUT2D eigenvalue weighted by Gasteiger charge is 2.27. The van der Waals surface area contributed by atoms with E-state index < -0.39 is 14.2 Å². The molecule has 1 aliphatic heterocycles. The molecular weight excluding hydrogens is 440 g/mol. The minimum absolute atomic E-state index is 0.0161. The zero-order chi connectivity index (χ0) is 24.7. The van der Waals surface area contributed by atoms with E-state index >= 15 is 0 Å². The second-order valence-electron chi connectivity index (χ2n) is 10.1. The van der Waals surface area contributed by atoms with Crippen LogP contribution in [0, 0.1) is 0 Å². The average molecular weight is 491 g/mol. The number of unbranched alkanes of at least 4 members (excludes halogenated alkanes) is 1. The van der Waals surface area contributed by atoms with Crippen molar-refractivity contribution in [2.45, 2.75) is 103 Å². The lowest BCUT2D eigenvalue weighted by molar-refractivity contribution is -0.145. The first kappa shape index (κ1) is 30.7. The van der Waals surface area contributed by atoms with Crippen LogP contribution in [0.15, 0.2) is 0 Å². The normalized spacial score (nSPS) is 28.2. The Morgan fingerprint density at radius 3 is 1.67 bits per heavy atom. The minimum atomic E-state index is -1.19. The summed E-state index contributed by atoms with van der Waals surface area (Å²) in [5.41, 5.74) is 0.762. The molecule has 0 aromatic carbocycles. The molecule has 196 valence electrons. The average Bonchev–Trinajstić information content (AvgIpc) is 2.76. The largest absolute Gasteiger partial charge is 0.377 e. The Balaban J connectivity index is 2.53. The fraction of sp³-hybridized carbons (Fsp3) is 0.960. The van der Waals surface area contributed by atoms with Gasteiger partial charge in [-0.3, -0.25) is 4.79 Å². The van der Waals surface area contributed by atoms with Crippen molar-refractivity contribution in [3.63, 3.8) is 0 Å². The molecule has 0 aliphatic carbocycles. The van der Waals surface area contributed by atoms with Gasteiger partial charge < -0.3 is 28.4 Å². The molecular formula is C25H50O7Si. The Kier molecular flexibility index (Phi) is 15.9. The summed E-state index contributed by atoms with van der Waals surface area (Å²) in [4.78, 5) is 13.0. The van der Waals surface area contributed by atoms with E-state index in [-0.39, 0.29) is 24.1 Å². The Morgan fingerprint density at radius 2 is 1.18 bits per heavy atom. The van der Waals surface area contributed by atoms with Crippen LogP contribution in [-0.2, 0) is 33.2 Å². The second kappa shape index (κ2) is 17.1. The second-order valence-corrected chi connectivity index (χ2v) is 15.7. The van der Waals surface area contributed by atoms with E-state index in [2.05, 4.69) is 26.9 Å². The molecule has 7 nitrogen and oxygen atoms in total. The first-order valence-corrected chi connectivity index (χ1v) is 16.1. The van der Waals surface area contributed by atoms with Gasteiger partial charge in [-0.2, -0.15) is 0 Å². The van der Waals surface area contributed by atoms with Gasteiger partial charge in [-0.15, -0.1) is 0 Å². The van der Waals surface area contributed by atoms with Crippen molar-refractivity contribution in [1.29, 1.82) is 0 Å². The van der Waals surface area contributed by atoms with Gasteiger partial charge >= 0.3 is 0 Å². The van der Waals surface area contributed by atoms with Crippen LogP contribution in [0.4, 0.5) is 0 Å². The molecule has 1 fully saturated rings. The molecule has 1 unspecified atom stereocenters. The SMILES string of the molecule is CC(C)[Si](C)(C)CCCCC(=O)C1OCCOCCO[C@H](C)[C@@H](C)OCCOCCO[C@@H]1C. The fourth-order valence-corrected chi connectivity index (χ4v) is 5.21. The molecule has 0 amide bonds. The topological polar surface area (TPSA) is 72.5 Å². The maximum atomic E-state index is 13.0. The van der Waals surface area contributed by atoms with E-state index in [1.54, 1.807) is 0 Å². The predicted octanol–water partition coefficient (Wildman–Crippen LogP) is 4.49. The number of rotatable bonds is 7. The van der Waals surface area contributed by atoms with Crippen molar-refractivity contribution in [2.75, 3.05) is 52.9 Å². The van der Waals surface area contributed by atoms with Gasteiger partial charge in [-0.1, -0.05) is 44.9 Å². The number of carbonyl (C=O) groups excluding carboxylic acids is 1. The van der Waals surface area contributed by atoms with E-state index in [9.17, 15) is 4.79 Å². The standard InChI is InChI=1S/C25H50O7Si/c1-20(2)33(6,7)19-9-8-10-24(26)25-23(5)31-17-13-27-11-15-29-21(3)22(4)30-16-12-28-14-18-32-25/h20-23,25H,8-19H2,1-7H3/t21-,22-,23-,25?/m1/s1. The quantitative estimate of drug-likeness (QED) is 0.384. The van der Waals surface area contributed by atoms with Crippen LogP contribution in [0.2, 0.25) is 24.7 Å². The van der Waals surface area contributed by atoms with Gasteiger partial charge in [-0.05, 0) is 27.2 Å². The molecule has 0 spiro atoms. The lowest BCUT2D eigenvalue weighted by atomic mass is 10.1. The summed E-state index contributed by atoms with van der Waals surface area (Å²) in [7, 11) is -1.19. The Labute approximate surface area is 203 Å². The maximum Gasteiger partial charge on any atom is 0.164 e. The lowest BCUT2D eigenvalue weighted by Gasteiger charge is -2.27. The van der Waals surface area contributed by atoms with E-state index in [1.165, 1.54) is 6.04 Å². The zero-order valence-corrected chi connectivity index (χ0v) is 23.2. The van der Waals surface area contributed by atoms with Crippen LogP contribution in [-0.4, -0.2) is 91.1 Å². The number of carbonyl (C=O) groups is 1. The molecule has 0 bridgehead atoms. The minimum Gasteiger partial charge on any atom is -0.377 e. The summed E-state index contributed by atoms with van der Waals surface area (Å²) in [5, 5.41) is 0. The summed E-state index contributed by atoms with van der Waals surface area (Å²) in [6.07, 6.45) is 1.58. The van der Waals surface area contributed by atoms with Gasteiger partial charge in [0.15, 0.2) is 5.78 Å². The van der Waals surface area contributed by atoms with Gasteiger partial charge in [0, 0.05) is 14.5 Å². The van der Waals surface area contributed by atoms with Gasteiger partial charge in [-0.25, -0.2) is 0 Å².